The standard InChI is InChI=1S/C12H13BrClN3O/c1-7(2)17-12(15-11(13)16-17)18-10-6-4-5-9(14)8(10)3/h4-7H,1-3H3. The molecular weight excluding hydrogens is 318 g/mol. The van der Waals surface area contributed by atoms with E-state index in [0.29, 0.717) is 21.5 Å². The van der Waals surface area contributed by atoms with E-state index in [1.54, 1.807) is 4.68 Å². The fourth-order valence-corrected chi connectivity index (χ4v) is 1.98. The van der Waals surface area contributed by atoms with E-state index in [2.05, 4.69) is 26.0 Å². The van der Waals surface area contributed by atoms with Gasteiger partial charge in [0.05, 0.1) is 6.04 Å². The van der Waals surface area contributed by atoms with Gasteiger partial charge in [0.15, 0.2) is 0 Å². The topological polar surface area (TPSA) is 39.9 Å². The predicted molar refractivity (Wildman–Crippen MR) is 74.4 cm³/mol. The normalized spacial score (nSPS) is 11.0. The highest BCUT2D eigenvalue weighted by atomic mass is 79.9. The van der Waals surface area contributed by atoms with Gasteiger partial charge in [0.1, 0.15) is 5.75 Å². The highest BCUT2D eigenvalue weighted by Gasteiger charge is 2.14. The van der Waals surface area contributed by atoms with Gasteiger partial charge < -0.3 is 4.74 Å². The molecular formula is C12H13BrClN3O. The molecule has 0 aliphatic heterocycles. The van der Waals surface area contributed by atoms with Crippen molar-refractivity contribution in [2.45, 2.75) is 26.8 Å². The summed E-state index contributed by atoms with van der Waals surface area (Å²) in [6, 6.07) is 6.14. The molecule has 0 saturated carbocycles. The zero-order valence-corrected chi connectivity index (χ0v) is 12.7. The van der Waals surface area contributed by atoms with Crippen molar-refractivity contribution in [3.8, 4) is 11.8 Å². The second-order valence-corrected chi connectivity index (χ2v) is 5.28. The van der Waals surface area contributed by atoms with E-state index >= 15 is 0 Å². The highest BCUT2D eigenvalue weighted by Crippen LogP contribution is 2.30. The summed E-state index contributed by atoms with van der Waals surface area (Å²) in [5.74, 6) is 0.685. The highest BCUT2D eigenvalue weighted by molar-refractivity contribution is 9.10. The summed E-state index contributed by atoms with van der Waals surface area (Å²) in [4.78, 5) is 4.20. The summed E-state index contributed by atoms with van der Waals surface area (Å²) in [6.45, 7) is 5.93. The van der Waals surface area contributed by atoms with Crippen molar-refractivity contribution in [1.29, 1.82) is 0 Å². The van der Waals surface area contributed by atoms with Crippen LogP contribution in [0.3, 0.4) is 0 Å². The maximum absolute atomic E-state index is 6.06. The summed E-state index contributed by atoms with van der Waals surface area (Å²) in [5.41, 5.74) is 0.883. The van der Waals surface area contributed by atoms with Crippen LogP contribution in [0.25, 0.3) is 0 Å². The third-order valence-electron chi connectivity index (χ3n) is 2.48. The van der Waals surface area contributed by atoms with Crippen molar-refractivity contribution in [3.05, 3.63) is 33.5 Å². The predicted octanol–water partition coefficient (Wildman–Crippen LogP) is 4.38. The Kier molecular flexibility index (Phi) is 3.92. The van der Waals surface area contributed by atoms with Crippen molar-refractivity contribution in [2.24, 2.45) is 0 Å². The van der Waals surface area contributed by atoms with E-state index < -0.39 is 0 Å². The smallest absolute Gasteiger partial charge is 0.321 e. The number of benzene rings is 1. The van der Waals surface area contributed by atoms with Crippen LogP contribution < -0.4 is 4.74 Å². The molecule has 2 rings (SSSR count). The van der Waals surface area contributed by atoms with E-state index in [4.69, 9.17) is 16.3 Å². The zero-order valence-electron chi connectivity index (χ0n) is 10.3. The number of aromatic nitrogens is 3. The van der Waals surface area contributed by atoms with Gasteiger partial charge in [-0.1, -0.05) is 17.7 Å². The monoisotopic (exact) mass is 329 g/mol. The van der Waals surface area contributed by atoms with Gasteiger partial charge in [-0.2, -0.15) is 4.98 Å². The number of rotatable bonds is 3. The minimum atomic E-state index is 0.165. The fraction of sp³-hybridized carbons (Fsp3) is 0.333. The van der Waals surface area contributed by atoms with Crippen LogP contribution in [-0.4, -0.2) is 14.8 Å². The van der Waals surface area contributed by atoms with Crippen molar-refractivity contribution < 1.29 is 4.74 Å². The van der Waals surface area contributed by atoms with Gasteiger partial charge in [0.2, 0.25) is 4.73 Å². The lowest BCUT2D eigenvalue weighted by Crippen LogP contribution is -2.05. The zero-order chi connectivity index (χ0) is 13.3. The molecule has 18 heavy (non-hydrogen) atoms. The Morgan fingerprint density at radius 2 is 2.11 bits per heavy atom. The molecule has 0 atom stereocenters. The molecule has 0 saturated heterocycles. The molecule has 0 aliphatic carbocycles. The first kappa shape index (κ1) is 13.4. The third kappa shape index (κ3) is 2.67. The van der Waals surface area contributed by atoms with E-state index in [0.717, 1.165) is 5.56 Å². The molecule has 0 aliphatic rings. The Labute approximate surface area is 119 Å². The summed E-state index contributed by atoms with van der Waals surface area (Å²) in [5, 5.41) is 4.89. The number of hydrogen-bond acceptors (Lipinski definition) is 3. The molecule has 0 unspecified atom stereocenters. The molecule has 1 aromatic heterocycles. The minimum absolute atomic E-state index is 0.165. The Bertz CT molecular complexity index is 568. The molecule has 6 heteroatoms. The Balaban J connectivity index is 2.37. The van der Waals surface area contributed by atoms with Gasteiger partial charge in [0, 0.05) is 10.6 Å². The van der Waals surface area contributed by atoms with Crippen LogP contribution in [0, 0.1) is 6.92 Å². The average Bonchev–Trinajstić information content (AvgIpc) is 2.66. The number of ether oxygens (including phenoxy) is 1. The number of nitrogens with zero attached hydrogens (tertiary/aromatic N) is 3. The Hall–Kier alpha value is -1.07. The molecule has 0 amide bonds. The second-order valence-electron chi connectivity index (χ2n) is 4.17. The second kappa shape index (κ2) is 5.28. The molecule has 0 spiro atoms. The van der Waals surface area contributed by atoms with Crippen LogP contribution in [0.5, 0.6) is 11.8 Å². The number of halogens is 2. The Morgan fingerprint density at radius 3 is 2.78 bits per heavy atom. The van der Waals surface area contributed by atoms with Crippen molar-refractivity contribution in [2.75, 3.05) is 0 Å². The quantitative estimate of drug-likeness (QED) is 0.838. The molecule has 0 fully saturated rings. The molecule has 1 aromatic carbocycles. The van der Waals surface area contributed by atoms with Gasteiger partial charge in [0.25, 0.3) is 0 Å². The van der Waals surface area contributed by atoms with Crippen LogP contribution in [-0.2, 0) is 0 Å². The number of hydrogen-bond donors (Lipinski definition) is 0. The maximum Gasteiger partial charge on any atom is 0.321 e. The van der Waals surface area contributed by atoms with E-state index in [9.17, 15) is 0 Å². The fourth-order valence-electron chi connectivity index (χ4n) is 1.49. The van der Waals surface area contributed by atoms with Gasteiger partial charge in [-0.25, -0.2) is 4.68 Å². The van der Waals surface area contributed by atoms with Gasteiger partial charge in [-0.15, -0.1) is 5.10 Å². The molecule has 1 heterocycles. The first-order valence-electron chi connectivity index (χ1n) is 5.54. The summed E-state index contributed by atoms with van der Waals surface area (Å²) in [7, 11) is 0. The van der Waals surface area contributed by atoms with Crippen molar-refractivity contribution in [1.82, 2.24) is 14.8 Å². The summed E-state index contributed by atoms with van der Waals surface area (Å²) in [6.07, 6.45) is 0. The van der Waals surface area contributed by atoms with Gasteiger partial charge in [-0.05, 0) is 48.8 Å². The van der Waals surface area contributed by atoms with Crippen LogP contribution in [0.1, 0.15) is 25.5 Å². The van der Waals surface area contributed by atoms with E-state index in [-0.39, 0.29) is 6.04 Å². The summed E-state index contributed by atoms with van der Waals surface area (Å²) < 4.78 is 8.00. The SMILES string of the molecule is Cc1c(Cl)cccc1Oc1nc(Br)nn1C(C)C. The lowest BCUT2D eigenvalue weighted by atomic mass is 10.2. The minimum Gasteiger partial charge on any atom is -0.424 e. The van der Waals surface area contributed by atoms with E-state index in [1.165, 1.54) is 0 Å². The van der Waals surface area contributed by atoms with Crippen LogP contribution in [0.4, 0.5) is 0 Å². The lowest BCUT2D eigenvalue weighted by Gasteiger charge is -2.11. The molecule has 0 N–H and O–H groups in total. The molecule has 0 radical (unpaired) electrons. The van der Waals surface area contributed by atoms with E-state index in [1.807, 2.05) is 39.0 Å². The van der Waals surface area contributed by atoms with Crippen molar-refractivity contribution in [3.63, 3.8) is 0 Å². The van der Waals surface area contributed by atoms with Gasteiger partial charge in [-0.3, -0.25) is 0 Å². The van der Waals surface area contributed by atoms with Crippen LogP contribution in [0.15, 0.2) is 22.9 Å². The maximum atomic E-state index is 6.06. The first-order chi connectivity index (χ1) is 8.49. The summed E-state index contributed by atoms with van der Waals surface area (Å²) >= 11 is 9.30. The van der Waals surface area contributed by atoms with Crippen molar-refractivity contribution >= 4 is 27.5 Å². The Morgan fingerprint density at radius 1 is 1.39 bits per heavy atom. The molecule has 4 nitrogen and oxygen atoms in total. The van der Waals surface area contributed by atoms with Gasteiger partial charge >= 0.3 is 6.01 Å². The third-order valence-corrected chi connectivity index (χ3v) is 3.23. The largest absolute Gasteiger partial charge is 0.424 e. The van der Waals surface area contributed by atoms with Crippen LogP contribution >= 0.6 is 27.5 Å². The first-order valence-corrected chi connectivity index (χ1v) is 6.71. The molecule has 0 bridgehead atoms. The molecule has 2 aromatic rings. The average molecular weight is 331 g/mol. The lowest BCUT2D eigenvalue weighted by molar-refractivity contribution is 0.374. The molecule has 96 valence electrons. The van der Waals surface area contributed by atoms with Crippen LogP contribution in [0.2, 0.25) is 5.02 Å².